The van der Waals surface area contributed by atoms with E-state index in [0.29, 0.717) is 6.04 Å². The molecule has 2 rings (SSSR count). The number of hydrogen-bond acceptors (Lipinski definition) is 4. The molecule has 0 fully saturated rings. The molecule has 0 spiro atoms. The summed E-state index contributed by atoms with van der Waals surface area (Å²) in [5, 5.41) is 7.53. The van der Waals surface area contributed by atoms with Crippen LogP contribution < -0.4 is 5.32 Å². The Morgan fingerprint density at radius 2 is 2.25 bits per heavy atom. The van der Waals surface area contributed by atoms with Crippen LogP contribution in [0.3, 0.4) is 0 Å². The summed E-state index contributed by atoms with van der Waals surface area (Å²) in [7, 11) is 1.98. The second-order valence-electron chi connectivity index (χ2n) is 4.77. The van der Waals surface area contributed by atoms with Crippen LogP contribution in [0.15, 0.2) is 35.5 Å². The Bertz CT molecular complexity index is 538. The molecule has 0 radical (unpaired) electrons. The highest BCUT2D eigenvalue weighted by atomic mass is 32.2. The zero-order valence-electron chi connectivity index (χ0n) is 12.3. The largest absolute Gasteiger partial charge is 0.313 e. The minimum atomic E-state index is 0.374. The van der Waals surface area contributed by atoms with Crippen LogP contribution in [-0.2, 0) is 12.3 Å². The van der Waals surface area contributed by atoms with E-state index in [0.717, 1.165) is 24.5 Å². The molecule has 2 aromatic rings. The highest BCUT2D eigenvalue weighted by molar-refractivity contribution is 7.98. The minimum Gasteiger partial charge on any atom is -0.313 e. The third kappa shape index (κ3) is 3.84. The minimum absolute atomic E-state index is 0.374. The lowest BCUT2D eigenvalue weighted by Gasteiger charge is -2.11. The normalized spacial score (nSPS) is 12.6. The molecule has 108 valence electrons. The summed E-state index contributed by atoms with van der Waals surface area (Å²) in [6.45, 7) is 5.26. The molecular formula is C15H22N4S. The van der Waals surface area contributed by atoms with Gasteiger partial charge in [-0.15, -0.1) is 11.8 Å². The van der Waals surface area contributed by atoms with Crippen molar-refractivity contribution in [3.8, 4) is 0 Å². The van der Waals surface area contributed by atoms with Gasteiger partial charge < -0.3 is 5.32 Å². The quantitative estimate of drug-likeness (QED) is 0.795. The van der Waals surface area contributed by atoms with Crippen LogP contribution in [0.25, 0.3) is 0 Å². The van der Waals surface area contributed by atoms with Gasteiger partial charge >= 0.3 is 0 Å². The fraction of sp³-hybridized carbons (Fsp3) is 0.467. The molecule has 1 N–H and O–H groups in total. The molecule has 0 bridgehead atoms. The number of thioether (sulfide) groups is 1. The molecular weight excluding hydrogens is 268 g/mol. The van der Waals surface area contributed by atoms with Gasteiger partial charge in [-0.25, -0.2) is 9.67 Å². The fourth-order valence-electron chi connectivity index (χ4n) is 1.99. The molecule has 1 atom stereocenters. The summed E-state index contributed by atoms with van der Waals surface area (Å²) in [5.41, 5.74) is 1.31. The maximum atomic E-state index is 4.34. The molecule has 0 saturated carbocycles. The Labute approximate surface area is 125 Å². The summed E-state index contributed by atoms with van der Waals surface area (Å²) in [5.74, 6) is 1.90. The van der Waals surface area contributed by atoms with Gasteiger partial charge in [0.25, 0.3) is 0 Å². The fourth-order valence-corrected chi connectivity index (χ4v) is 2.90. The summed E-state index contributed by atoms with van der Waals surface area (Å²) >= 11 is 1.81. The Hall–Kier alpha value is -1.33. The highest BCUT2D eigenvalue weighted by Gasteiger charge is 2.06. The molecule has 0 aliphatic carbocycles. The second-order valence-corrected chi connectivity index (χ2v) is 5.82. The van der Waals surface area contributed by atoms with Crippen LogP contribution in [0, 0.1) is 0 Å². The molecule has 1 heterocycles. The van der Waals surface area contributed by atoms with E-state index in [-0.39, 0.29) is 0 Å². The highest BCUT2D eigenvalue weighted by Crippen LogP contribution is 2.24. The molecule has 4 nitrogen and oxygen atoms in total. The summed E-state index contributed by atoms with van der Waals surface area (Å²) in [6, 6.07) is 9.04. The topological polar surface area (TPSA) is 42.7 Å². The number of rotatable bonds is 7. The van der Waals surface area contributed by atoms with E-state index >= 15 is 0 Å². The Morgan fingerprint density at radius 1 is 1.40 bits per heavy atom. The maximum Gasteiger partial charge on any atom is 0.138 e. The van der Waals surface area contributed by atoms with E-state index in [4.69, 9.17) is 0 Å². The molecule has 5 heteroatoms. The van der Waals surface area contributed by atoms with Gasteiger partial charge in [-0.1, -0.05) is 19.1 Å². The first-order valence-corrected chi connectivity index (χ1v) is 7.99. The molecule has 0 amide bonds. The molecule has 1 unspecified atom stereocenters. The monoisotopic (exact) mass is 290 g/mol. The third-order valence-corrected chi connectivity index (χ3v) is 4.28. The van der Waals surface area contributed by atoms with E-state index in [2.05, 4.69) is 53.5 Å². The van der Waals surface area contributed by atoms with Gasteiger partial charge in [-0.2, -0.15) is 5.10 Å². The van der Waals surface area contributed by atoms with Crippen molar-refractivity contribution in [3.05, 3.63) is 42.0 Å². The number of nitrogens with one attached hydrogen (secondary N) is 1. The van der Waals surface area contributed by atoms with Crippen molar-refractivity contribution < 1.29 is 0 Å². The Balaban J connectivity index is 2.01. The summed E-state index contributed by atoms with van der Waals surface area (Å²) < 4.78 is 1.99. The Morgan fingerprint density at radius 3 is 3.00 bits per heavy atom. The first kappa shape index (κ1) is 15.1. The number of aromatic nitrogens is 3. The lowest BCUT2D eigenvalue weighted by atomic mass is 10.1. The number of nitrogens with zero attached hydrogens (tertiary/aromatic N) is 3. The van der Waals surface area contributed by atoms with Crippen LogP contribution in [0.1, 0.15) is 37.7 Å². The molecule has 0 aliphatic rings. The van der Waals surface area contributed by atoms with Crippen molar-refractivity contribution >= 4 is 11.8 Å². The number of hydrogen-bond donors (Lipinski definition) is 1. The van der Waals surface area contributed by atoms with Crippen molar-refractivity contribution in [2.75, 3.05) is 7.05 Å². The van der Waals surface area contributed by atoms with Crippen molar-refractivity contribution in [2.24, 2.45) is 0 Å². The van der Waals surface area contributed by atoms with Crippen molar-refractivity contribution in [2.45, 2.75) is 43.5 Å². The van der Waals surface area contributed by atoms with Gasteiger partial charge in [0.2, 0.25) is 0 Å². The van der Waals surface area contributed by atoms with Crippen molar-refractivity contribution in [1.29, 1.82) is 0 Å². The first-order chi connectivity index (χ1) is 9.74. The second kappa shape index (κ2) is 7.45. The van der Waals surface area contributed by atoms with Crippen LogP contribution >= 0.6 is 11.8 Å². The molecule has 20 heavy (non-hydrogen) atoms. The smallest absolute Gasteiger partial charge is 0.138 e. The lowest BCUT2D eigenvalue weighted by molar-refractivity contribution is 0.581. The van der Waals surface area contributed by atoms with Gasteiger partial charge in [0, 0.05) is 17.5 Å². The van der Waals surface area contributed by atoms with E-state index in [9.17, 15) is 0 Å². The van der Waals surface area contributed by atoms with Gasteiger partial charge in [0.05, 0.1) is 5.75 Å². The maximum absolute atomic E-state index is 4.34. The van der Waals surface area contributed by atoms with Crippen molar-refractivity contribution in [1.82, 2.24) is 20.1 Å². The predicted octanol–water partition coefficient (Wildman–Crippen LogP) is 3.26. The number of aryl methyl sites for hydroxylation is 1. The average Bonchev–Trinajstić information content (AvgIpc) is 2.92. The third-order valence-electron chi connectivity index (χ3n) is 3.29. The van der Waals surface area contributed by atoms with E-state index < -0.39 is 0 Å². The molecule has 0 saturated heterocycles. The summed E-state index contributed by atoms with van der Waals surface area (Å²) in [4.78, 5) is 5.62. The molecule has 1 aromatic heterocycles. The van der Waals surface area contributed by atoms with Gasteiger partial charge in [-0.3, -0.25) is 0 Å². The zero-order valence-corrected chi connectivity index (χ0v) is 13.2. The first-order valence-electron chi connectivity index (χ1n) is 7.01. The SMILES string of the molecule is CCCn1ncnc1CSc1cccc(C(C)NC)c1. The average molecular weight is 290 g/mol. The van der Waals surface area contributed by atoms with Crippen LogP contribution in [0.4, 0.5) is 0 Å². The molecule has 0 aliphatic heterocycles. The van der Waals surface area contributed by atoms with Crippen molar-refractivity contribution in [3.63, 3.8) is 0 Å². The lowest BCUT2D eigenvalue weighted by Crippen LogP contribution is -2.12. The van der Waals surface area contributed by atoms with E-state index in [1.54, 1.807) is 6.33 Å². The zero-order chi connectivity index (χ0) is 14.4. The number of benzene rings is 1. The van der Waals surface area contributed by atoms with Crippen LogP contribution in [-0.4, -0.2) is 21.8 Å². The van der Waals surface area contributed by atoms with E-state index in [1.807, 2.05) is 23.5 Å². The van der Waals surface area contributed by atoms with Gasteiger partial charge in [-0.05, 0) is 38.1 Å². The van der Waals surface area contributed by atoms with Gasteiger partial charge in [0.1, 0.15) is 12.2 Å². The van der Waals surface area contributed by atoms with Gasteiger partial charge in [0.15, 0.2) is 0 Å². The van der Waals surface area contributed by atoms with E-state index in [1.165, 1.54) is 10.5 Å². The Kier molecular flexibility index (Phi) is 5.61. The molecule has 1 aromatic carbocycles. The van der Waals surface area contributed by atoms with Crippen LogP contribution in [0.2, 0.25) is 0 Å². The standard InChI is InChI=1S/C15H22N4S/c1-4-8-19-15(17-11-18-19)10-20-14-7-5-6-13(9-14)12(2)16-3/h5-7,9,11-12,16H,4,8,10H2,1-3H3. The predicted molar refractivity (Wildman–Crippen MR) is 83.8 cm³/mol. The van der Waals surface area contributed by atoms with Crippen LogP contribution in [0.5, 0.6) is 0 Å². The summed E-state index contributed by atoms with van der Waals surface area (Å²) in [6.07, 6.45) is 2.72.